The number of benzene rings is 2. The fourth-order valence-corrected chi connectivity index (χ4v) is 4.39. The first kappa shape index (κ1) is 30.8. The molecular weight excluding hydrogens is 512 g/mol. The van der Waals surface area contributed by atoms with Crippen LogP contribution in [-0.2, 0) is 9.68 Å². The van der Waals surface area contributed by atoms with Gasteiger partial charge < -0.3 is 20.4 Å². The van der Waals surface area contributed by atoms with E-state index in [1.54, 1.807) is 21.0 Å². The summed E-state index contributed by atoms with van der Waals surface area (Å²) in [5.41, 5.74) is 4.29. The van der Waals surface area contributed by atoms with Gasteiger partial charge in [-0.3, -0.25) is 9.68 Å². The Morgan fingerprint density at radius 3 is 1.70 bits per heavy atom. The molecule has 0 aromatic heterocycles. The standard InChI is InChI=1S/C30H40N4O6/c1-20(18-35)27(32-39-29(37)31-26-8-6-5-7-9-26)24-14-10-22(11-15-24)23-12-16-25(17-13-23)28(21(2)19-36)33-40-30(38)34(3)4/h10-17,20-21,26,35-36H,5-9,18-19H2,1-4H3,(H,31,37)/b32-27+,33-28+. The molecular formula is C30H40N4O6. The Hall–Kier alpha value is -3.76. The quantitative estimate of drug-likeness (QED) is 0.221. The van der Waals surface area contributed by atoms with Crippen LogP contribution in [0.2, 0.25) is 0 Å². The highest BCUT2D eigenvalue weighted by molar-refractivity contribution is 6.03. The summed E-state index contributed by atoms with van der Waals surface area (Å²) < 4.78 is 0. The monoisotopic (exact) mass is 552 g/mol. The number of nitrogens with zero attached hydrogens (tertiary/aromatic N) is 3. The molecule has 10 nitrogen and oxygen atoms in total. The molecule has 0 saturated heterocycles. The van der Waals surface area contributed by atoms with Gasteiger partial charge in [0.1, 0.15) is 0 Å². The second-order valence-electron chi connectivity index (χ2n) is 10.4. The highest BCUT2D eigenvalue weighted by Crippen LogP contribution is 2.23. The average molecular weight is 553 g/mol. The normalized spacial score (nSPS) is 16.1. The minimum Gasteiger partial charge on any atom is -0.396 e. The summed E-state index contributed by atoms with van der Waals surface area (Å²) in [6.07, 6.45) is 4.08. The van der Waals surface area contributed by atoms with Gasteiger partial charge in [0.05, 0.1) is 24.6 Å². The summed E-state index contributed by atoms with van der Waals surface area (Å²) in [5, 5.41) is 30.4. The van der Waals surface area contributed by atoms with Gasteiger partial charge in [-0.25, -0.2) is 9.59 Å². The van der Waals surface area contributed by atoms with Gasteiger partial charge in [0.2, 0.25) is 0 Å². The molecule has 3 rings (SSSR count). The number of oxime groups is 2. The molecule has 1 aliphatic carbocycles. The van der Waals surface area contributed by atoms with E-state index in [-0.39, 0.29) is 31.1 Å². The van der Waals surface area contributed by atoms with Crippen molar-refractivity contribution < 1.29 is 29.5 Å². The molecule has 10 heteroatoms. The fourth-order valence-electron chi connectivity index (χ4n) is 4.39. The maximum absolute atomic E-state index is 12.3. The van der Waals surface area contributed by atoms with Crippen LogP contribution in [0.5, 0.6) is 0 Å². The van der Waals surface area contributed by atoms with Crippen molar-refractivity contribution in [1.82, 2.24) is 10.2 Å². The van der Waals surface area contributed by atoms with Crippen LogP contribution in [0.3, 0.4) is 0 Å². The van der Waals surface area contributed by atoms with E-state index in [1.807, 2.05) is 55.5 Å². The van der Waals surface area contributed by atoms with E-state index in [9.17, 15) is 19.8 Å². The predicted octanol–water partition coefficient (Wildman–Crippen LogP) is 4.78. The topological polar surface area (TPSA) is 133 Å². The van der Waals surface area contributed by atoms with Crippen molar-refractivity contribution in [1.29, 1.82) is 0 Å². The van der Waals surface area contributed by atoms with Crippen LogP contribution in [0.4, 0.5) is 9.59 Å². The lowest BCUT2D eigenvalue weighted by Gasteiger charge is -2.21. The molecule has 2 amide bonds. The smallest absolute Gasteiger partial charge is 0.396 e. The predicted molar refractivity (Wildman–Crippen MR) is 154 cm³/mol. The number of carbonyl (C=O) groups excluding carboxylic acids is 2. The average Bonchev–Trinajstić information content (AvgIpc) is 2.98. The lowest BCUT2D eigenvalue weighted by Crippen LogP contribution is -2.36. The number of carbonyl (C=O) groups is 2. The van der Waals surface area contributed by atoms with E-state index in [4.69, 9.17) is 9.68 Å². The van der Waals surface area contributed by atoms with Gasteiger partial charge in [0.25, 0.3) is 0 Å². The molecule has 2 aromatic rings. The molecule has 1 saturated carbocycles. The molecule has 40 heavy (non-hydrogen) atoms. The Morgan fingerprint density at radius 1 is 0.825 bits per heavy atom. The summed E-state index contributed by atoms with van der Waals surface area (Å²) in [5.74, 6) is -0.668. The van der Waals surface area contributed by atoms with E-state index >= 15 is 0 Å². The zero-order valence-corrected chi connectivity index (χ0v) is 23.7. The Morgan fingerprint density at radius 2 is 1.27 bits per heavy atom. The minimum absolute atomic E-state index is 0.114. The molecule has 0 bridgehead atoms. The zero-order chi connectivity index (χ0) is 29.1. The highest BCUT2D eigenvalue weighted by Gasteiger charge is 2.19. The second kappa shape index (κ2) is 15.1. The Kier molecular flexibility index (Phi) is 11.6. The third kappa shape index (κ3) is 8.62. The van der Waals surface area contributed by atoms with Crippen LogP contribution in [0, 0.1) is 11.8 Å². The molecule has 0 heterocycles. The van der Waals surface area contributed by atoms with Crippen molar-refractivity contribution in [3.05, 3.63) is 59.7 Å². The number of amides is 2. The molecule has 216 valence electrons. The van der Waals surface area contributed by atoms with Crippen molar-refractivity contribution >= 4 is 23.6 Å². The molecule has 0 radical (unpaired) electrons. The largest absolute Gasteiger partial charge is 0.435 e. The van der Waals surface area contributed by atoms with E-state index < -0.39 is 12.2 Å². The second-order valence-corrected chi connectivity index (χ2v) is 10.4. The zero-order valence-electron chi connectivity index (χ0n) is 23.7. The lowest BCUT2D eigenvalue weighted by molar-refractivity contribution is 0.121. The van der Waals surface area contributed by atoms with Gasteiger partial charge >= 0.3 is 12.2 Å². The van der Waals surface area contributed by atoms with Crippen LogP contribution in [0.25, 0.3) is 11.1 Å². The van der Waals surface area contributed by atoms with Crippen molar-refractivity contribution in [2.75, 3.05) is 27.3 Å². The number of hydrogen-bond acceptors (Lipinski definition) is 8. The summed E-state index contributed by atoms with van der Waals surface area (Å²) in [4.78, 5) is 35.5. The Labute approximate surface area is 235 Å². The van der Waals surface area contributed by atoms with Gasteiger partial charge in [0.15, 0.2) is 0 Å². The maximum atomic E-state index is 12.3. The number of hydrogen-bond donors (Lipinski definition) is 3. The third-order valence-electron chi connectivity index (χ3n) is 6.92. The third-order valence-corrected chi connectivity index (χ3v) is 6.92. The van der Waals surface area contributed by atoms with E-state index in [2.05, 4.69) is 15.6 Å². The molecule has 1 fully saturated rings. The number of aliphatic hydroxyl groups is 2. The molecule has 2 atom stereocenters. The highest BCUT2D eigenvalue weighted by atomic mass is 16.7. The van der Waals surface area contributed by atoms with Gasteiger partial charge in [-0.15, -0.1) is 0 Å². The van der Waals surface area contributed by atoms with Crippen molar-refractivity contribution in [2.45, 2.75) is 52.0 Å². The van der Waals surface area contributed by atoms with E-state index in [1.165, 1.54) is 11.3 Å². The van der Waals surface area contributed by atoms with Crippen LogP contribution in [0.15, 0.2) is 58.8 Å². The van der Waals surface area contributed by atoms with Crippen LogP contribution in [-0.4, -0.2) is 72.1 Å². The molecule has 1 aliphatic rings. The van der Waals surface area contributed by atoms with Crippen LogP contribution < -0.4 is 5.32 Å². The first-order valence-corrected chi connectivity index (χ1v) is 13.7. The summed E-state index contributed by atoms with van der Waals surface area (Å²) in [6.45, 7) is 3.32. The van der Waals surface area contributed by atoms with E-state index in [0.717, 1.165) is 47.9 Å². The van der Waals surface area contributed by atoms with Gasteiger partial charge in [-0.2, -0.15) is 0 Å². The van der Waals surface area contributed by atoms with Crippen LogP contribution >= 0.6 is 0 Å². The van der Waals surface area contributed by atoms with Crippen molar-refractivity contribution in [2.24, 2.45) is 22.1 Å². The molecule has 0 spiro atoms. The van der Waals surface area contributed by atoms with E-state index in [0.29, 0.717) is 11.4 Å². The van der Waals surface area contributed by atoms with Gasteiger partial charge in [0, 0.05) is 32.0 Å². The summed E-state index contributed by atoms with van der Waals surface area (Å²) >= 11 is 0. The maximum Gasteiger partial charge on any atom is 0.435 e. The minimum atomic E-state index is -0.604. The molecule has 2 unspecified atom stereocenters. The first-order valence-electron chi connectivity index (χ1n) is 13.7. The van der Waals surface area contributed by atoms with Crippen molar-refractivity contribution in [3.63, 3.8) is 0 Å². The Balaban J connectivity index is 1.74. The molecule has 2 aromatic carbocycles. The Bertz CT molecular complexity index is 1170. The molecule has 0 aliphatic heterocycles. The number of nitrogens with one attached hydrogen (secondary N) is 1. The van der Waals surface area contributed by atoms with Crippen molar-refractivity contribution in [3.8, 4) is 11.1 Å². The SMILES string of the molecule is CC(CO)/C(=N\OC(=O)NC1CCCCC1)c1ccc(-c2ccc(/C(=N/OC(=O)N(C)C)C(C)CO)cc2)cc1. The number of aliphatic hydroxyl groups excluding tert-OH is 2. The van der Waals surface area contributed by atoms with Crippen LogP contribution in [0.1, 0.15) is 57.1 Å². The number of rotatable bonds is 10. The summed E-state index contributed by atoms with van der Waals surface area (Å²) in [7, 11) is 3.13. The van der Waals surface area contributed by atoms with Gasteiger partial charge in [-0.1, -0.05) is 92.0 Å². The molecule has 3 N–H and O–H groups in total. The summed E-state index contributed by atoms with van der Waals surface area (Å²) in [6, 6.07) is 15.3. The lowest BCUT2D eigenvalue weighted by atomic mass is 9.94. The van der Waals surface area contributed by atoms with Gasteiger partial charge in [-0.05, 0) is 35.1 Å². The first-order chi connectivity index (χ1) is 19.2. The fraction of sp³-hybridized carbons (Fsp3) is 0.467.